The Balaban J connectivity index is 2.11. The van der Waals surface area contributed by atoms with Crippen LogP contribution in [0.3, 0.4) is 0 Å². The quantitative estimate of drug-likeness (QED) is 0.430. The van der Waals surface area contributed by atoms with E-state index < -0.39 is 0 Å². The number of unbranched alkanes of at least 4 members (excludes halogenated alkanes) is 1. The van der Waals surface area contributed by atoms with Gasteiger partial charge in [0.15, 0.2) is 0 Å². The molecule has 2 aromatic heterocycles. The summed E-state index contributed by atoms with van der Waals surface area (Å²) in [5.74, 6) is 0.0798. The molecule has 0 radical (unpaired) electrons. The normalized spacial score (nSPS) is 11.7. The van der Waals surface area contributed by atoms with E-state index in [1.807, 2.05) is 42.5 Å². The summed E-state index contributed by atoms with van der Waals surface area (Å²) < 4.78 is 2.28. The van der Waals surface area contributed by atoms with E-state index in [1.54, 1.807) is 0 Å². The second-order valence-corrected chi connectivity index (χ2v) is 7.00. The monoisotopic (exact) mass is 353 g/mol. The van der Waals surface area contributed by atoms with E-state index in [0.717, 1.165) is 63.0 Å². The number of hydrogen-bond acceptors (Lipinski definition) is 2. The molecular formula is C23H19N3O. The maximum Gasteiger partial charge on any atom is 0.144 e. The van der Waals surface area contributed by atoms with Crippen molar-refractivity contribution in [2.45, 2.75) is 26.3 Å². The summed E-state index contributed by atoms with van der Waals surface area (Å²) in [5.41, 5.74) is 4.31. The first-order chi connectivity index (χ1) is 13.3. The van der Waals surface area contributed by atoms with Crippen LogP contribution in [-0.4, -0.2) is 14.7 Å². The van der Waals surface area contributed by atoms with Gasteiger partial charge in [-0.25, -0.2) is 0 Å². The maximum atomic E-state index is 11.1. The van der Waals surface area contributed by atoms with E-state index in [2.05, 4.69) is 28.6 Å². The molecule has 0 atom stereocenters. The zero-order valence-electron chi connectivity index (χ0n) is 15.1. The molecule has 0 saturated carbocycles. The molecule has 0 aliphatic heterocycles. The number of aromatic hydroxyl groups is 1. The summed E-state index contributed by atoms with van der Waals surface area (Å²) in [5, 5.41) is 24.5. The molecule has 0 bridgehead atoms. The molecule has 5 aromatic rings. The van der Waals surface area contributed by atoms with Gasteiger partial charge in [-0.15, -0.1) is 0 Å². The molecule has 27 heavy (non-hydrogen) atoms. The van der Waals surface area contributed by atoms with Crippen LogP contribution in [0.1, 0.15) is 25.3 Å². The Kier molecular flexibility index (Phi) is 3.38. The van der Waals surface area contributed by atoms with Crippen LogP contribution in [0.25, 0.3) is 43.6 Å². The van der Waals surface area contributed by atoms with Gasteiger partial charge in [0.2, 0.25) is 0 Å². The molecule has 0 aliphatic carbocycles. The summed E-state index contributed by atoms with van der Waals surface area (Å²) in [6.45, 7) is 3.05. The minimum atomic E-state index is 0.0798. The lowest BCUT2D eigenvalue weighted by atomic mass is 10.0. The van der Waals surface area contributed by atoms with Crippen molar-refractivity contribution in [1.82, 2.24) is 9.55 Å². The van der Waals surface area contributed by atoms with Gasteiger partial charge in [-0.05, 0) is 18.6 Å². The first-order valence-corrected chi connectivity index (χ1v) is 9.32. The first kappa shape index (κ1) is 15.8. The van der Waals surface area contributed by atoms with E-state index in [4.69, 9.17) is 0 Å². The van der Waals surface area contributed by atoms with Crippen molar-refractivity contribution in [3.8, 4) is 11.8 Å². The Morgan fingerprint density at radius 2 is 1.78 bits per heavy atom. The standard InChI is InChI=1S/C23H19N3O/c1-2-3-12-26-18-11-7-5-9-15(18)20-22(26)21-19(16(13-24)23(20)27)14-8-4-6-10-17(14)25-21/h4-11,25,27H,2-3,12H2,1H3. The third kappa shape index (κ3) is 2.03. The lowest BCUT2D eigenvalue weighted by Gasteiger charge is -2.09. The lowest BCUT2D eigenvalue weighted by Crippen LogP contribution is -1.98. The summed E-state index contributed by atoms with van der Waals surface area (Å²) in [7, 11) is 0. The Hall–Kier alpha value is -3.45. The molecule has 132 valence electrons. The number of hydrogen-bond donors (Lipinski definition) is 2. The predicted octanol–water partition coefficient (Wildman–Crippen LogP) is 5.81. The second kappa shape index (κ2) is 5.78. The number of fused-ring (bicyclic) bond motifs is 7. The summed E-state index contributed by atoms with van der Waals surface area (Å²) in [6, 6.07) is 18.3. The number of aromatic amines is 1. The molecule has 0 unspecified atom stereocenters. The van der Waals surface area contributed by atoms with Crippen LogP contribution in [0, 0.1) is 11.3 Å². The van der Waals surface area contributed by atoms with E-state index >= 15 is 0 Å². The Labute approximate surface area is 156 Å². The topological polar surface area (TPSA) is 64.7 Å². The molecule has 2 N–H and O–H groups in total. The first-order valence-electron chi connectivity index (χ1n) is 9.32. The average molecular weight is 353 g/mol. The van der Waals surface area contributed by atoms with Crippen molar-refractivity contribution in [2.24, 2.45) is 0 Å². The van der Waals surface area contributed by atoms with Crippen LogP contribution in [-0.2, 0) is 6.54 Å². The third-order valence-electron chi connectivity index (χ3n) is 5.48. The van der Waals surface area contributed by atoms with Gasteiger partial charge in [0.25, 0.3) is 0 Å². The fourth-order valence-electron chi connectivity index (χ4n) is 4.28. The van der Waals surface area contributed by atoms with Gasteiger partial charge in [-0.1, -0.05) is 49.7 Å². The van der Waals surface area contributed by atoms with Gasteiger partial charge in [0, 0.05) is 33.7 Å². The number of H-pyrrole nitrogens is 1. The van der Waals surface area contributed by atoms with E-state index in [0.29, 0.717) is 5.56 Å². The molecule has 4 nitrogen and oxygen atoms in total. The van der Waals surface area contributed by atoms with Gasteiger partial charge in [-0.2, -0.15) is 5.26 Å². The van der Waals surface area contributed by atoms with Crippen LogP contribution in [0.15, 0.2) is 48.5 Å². The Morgan fingerprint density at radius 3 is 2.56 bits per heavy atom. The largest absolute Gasteiger partial charge is 0.506 e. The number of rotatable bonds is 3. The molecule has 0 aliphatic rings. The zero-order chi connectivity index (χ0) is 18.5. The van der Waals surface area contributed by atoms with Crippen molar-refractivity contribution in [1.29, 1.82) is 5.26 Å². The minimum absolute atomic E-state index is 0.0798. The van der Waals surface area contributed by atoms with Gasteiger partial charge in [0.05, 0.1) is 16.4 Å². The average Bonchev–Trinajstić information content (AvgIpc) is 3.23. The fraction of sp³-hybridized carbons (Fsp3) is 0.174. The van der Waals surface area contributed by atoms with Crippen LogP contribution in [0.2, 0.25) is 0 Å². The molecular weight excluding hydrogens is 334 g/mol. The highest BCUT2D eigenvalue weighted by molar-refractivity contribution is 6.26. The van der Waals surface area contributed by atoms with Crippen molar-refractivity contribution in [3.63, 3.8) is 0 Å². The lowest BCUT2D eigenvalue weighted by molar-refractivity contribution is 0.481. The van der Waals surface area contributed by atoms with Crippen LogP contribution in [0.4, 0.5) is 0 Å². The number of phenolic OH excluding ortho intramolecular Hbond substituents is 1. The molecule has 3 aromatic carbocycles. The molecule has 5 rings (SSSR count). The SMILES string of the molecule is CCCCn1c2ccccc2c2c(O)c(C#N)c3c4ccccc4[nH]c3c21. The fourth-order valence-corrected chi connectivity index (χ4v) is 4.28. The van der Waals surface area contributed by atoms with Gasteiger partial charge in [-0.3, -0.25) is 0 Å². The van der Waals surface area contributed by atoms with Crippen LogP contribution in [0.5, 0.6) is 5.75 Å². The van der Waals surface area contributed by atoms with Gasteiger partial charge < -0.3 is 14.7 Å². The molecule has 0 saturated heterocycles. The Bertz CT molecular complexity index is 1380. The number of aryl methyl sites for hydroxylation is 1. The van der Waals surface area contributed by atoms with Crippen molar-refractivity contribution >= 4 is 43.6 Å². The second-order valence-electron chi connectivity index (χ2n) is 7.00. The summed E-state index contributed by atoms with van der Waals surface area (Å²) in [4.78, 5) is 3.52. The number of aromatic nitrogens is 2. The van der Waals surface area contributed by atoms with E-state index in [1.165, 1.54) is 0 Å². The van der Waals surface area contributed by atoms with Gasteiger partial charge >= 0.3 is 0 Å². The number of phenols is 1. The molecule has 0 spiro atoms. The Morgan fingerprint density at radius 1 is 1.04 bits per heavy atom. The number of benzene rings is 3. The van der Waals surface area contributed by atoms with Gasteiger partial charge in [0.1, 0.15) is 17.4 Å². The number of para-hydroxylation sites is 2. The zero-order valence-corrected chi connectivity index (χ0v) is 15.1. The van der Waals surface area contributed by atoms with E-state index in [-0.39, 0.29) is 5.75 Å². The summed E-state index contributed by atoms with van der Waals surface area (Å²) >= 11 is 0. The summed E-state index contributed by atoms with van der Waals surface area (Å²) in [6.07, 6.45) is 2.14. The predicted molar refractivity (Wildman–Crippen MR) is 110 cm³/mol. The van der Waals surface area contributed by atoms with Crippen molar-refractivity contribution < 1.29 is 5.11 Å². The van der Waals surface area contributed by atoms with Crippen molar-refractivity contribution in [2.75, 3.05) is 0 Å². The minimum Gasteiger partial charge on any atom is -0.506 e. The van der Waals surface area contributed by atoms with Crippen molar-refractivity contribution in [3.05, 3.63) is 54.1 Å². The highest BCUT2D eigenvalue weighted by atomic mass is 16.3. The number of nitrogens with one attached hydrogen (secondary N) is 1. The number of nitriles is 1. The highest BCUT2D eigenvalue weighted by Crippen LogP contribution is 2.44. The molecule has 2 heterocycles. The third-order valence-corrected chi connectivity index (χ3v) is 5.48. The highest BCUT2D eigenvalue weighted by Gasteiger charge is 2.23. The molecule has 4 heteroatoms. The van der Waals surface area contributed by atoms with Crippen LogP contribution < -0.4 is 0 Å². The molecule has 0 amide bonds. The van der Waals surface area contributed by atoms with Crippen LogP contribution >= 0.6 is 0 Å². The maximum absolute atomic E-state index is 11.1. The molecule has 0 fully saturated rings. The smallest absolute Gasteiger partial charge is 0.144 e. The number of nitrogens with zero attached hydrogens (tertiary/aromatic N) is 2. The van der Waals surface area contributed by atoms with E-state index in [9.17, 15) is 10.4 Å².